The molecule has 1 unspecified atom stereocenters. The molecule has 1 fully saturated rings. The van der Waals surface area contributed by atoms with Gasteiger partial charge >= 0.3 is 8.80 Å². The van der Waals surface area contributed by atoms with Crippen LogP contribution in [0, 0.1) is 5.92 Å². The summed E-state index contributed by atoms with van der Waals surface area (Å²) >= 11 is 0. The predicted molar refractivity (Wildman–Crippen MR) is 75.6 cm³/mol. The Bertz CT molecular complexity index is 193. The van der Waals surface area contributed by atoms with E-state index in [2.05, 4.69) is 5.32 Å². The number of hydrogen-bond acceptors (Lipinski definition) is 4. The Balaban J connectivity index is 2.37. The van der Waals surface area contributed by atoms with Crippen molar-refractivity contribution >= 4 is 8.80 Å². The molecule has 1 N–H and O–H groups in total. The van der Waals surface area contributed by atoms with Crippen molar-refractivity contribution in [1.29, 1.82) is 0 Å². The Morgan fingerprint density at radius 3 is 2.11 bits per heavy atom. The van der Waals surface area contributed by atoms with E-state index in [-0.39, 0.29) is 0 Å². The number of rotatable bonds is 10. The van der Waals surface area contributed by atoms with Crippen molar-refractivity contribution < 1.29 is 13.3 Å². The number of nitrogens with one attached hydrogen (secondary N) is 1. The van der Waals surface area contributed by atoms with E-state index in [0.717, 1.165) is 18.4 Å². The predicted octanol–water partition coefficient (Wildman–Crippen LogP) is 2.42. The van der Waals surface area contributed by atoms with Gasteiger partial charge in [-0.3, -0.25) is 0 Å². The molecule has 0 aromatic rings. The molecule has 1 atom stereocenters. The van der Waals surface area contributed by atoms with Gasteiger partial charge in [0.05, 0.1) is 0 Å². The van der Waals surface area contributed by atoms with Gasteiger partial charge in [0.25, 0.3) is 0 Å². The molecule has 0 amide bonds. The van der Waals surface area contributed by atoms with Gasteiger partial charge in [-0.25, -0.2) is 0 Å². The van der Waals surface area contributed by atoms with Gasteiger partial charge < -0.3 is 18.6 Å². The van der Waals surface area contributed by atoms with Gasteiger partial charge in [0, 0.05) is 25.9 Å². The molecule has 18 heavy (non-hydrogen) atoms. The van der Waals surface area contributed by atoms with Crippen LogP contribution in [-0.4, -0.2) is 41.7 Å². The standard InChI is InChI=1S/C13H29NO3Si/c1-4-15-18(16-5-2,17-6-3)11-7-8-13-9-10-14-12-13/h13-14H,4-12H2,1-3H3. The Kier molecular flexibility index (Phi) is 8.09. The fourth-order valence-electron chi connectivity index (χ4n) is 2.57. The fourth-order valence-corrected chi connectivity index (χ4v) is 5.21. The summed E-state index contributed by atoms with van der Waals surface area (Å²) in [7, 11) is -2.39. The molecule has 1 aliphatic rings. The minimum atomic E-state index is -2.39. The van der Waals surface area contributed by atoms with Gasteiger partial charge in [-0.05, 0) is 59.0 Å². The first kappa shape index (κ1) is 16.1. The van der Waals surface area contributed by atoms with E-state index in [1.807, 2.05) is 20.8 Å². The topological polar surface area (TPSA) is 39.7 Å². The van der Waals surface area contributed by atoms with Crippen molar-refractivity contribution in [3.63, 3.8) is 0 Å². The monoisotopic (exact) mass is 275 g/mol. The van der Waals surface area contributed by atoms with E-state index in [4.69, 9.17) is 13.3 Å². The maximum atomic E-state index is 5.85. The van der Waals surface area contributed by atoms with E-state index in [1.165, 1.54) is 25.9 Å². The molecule has 5 heteroatoms. The lowest BCUT2D eigenvalue weighted by molar-refractivity contribution is 0.0704. The lowest BCUT2D eigenvalue weighted by Crippen LogP contribution is -2.46. The Hall–Kier alpha value is 0.0569. The molecule has 0 radical (unpaired) electrons. The lowest BCUT2D eigenvalue weighted by atomic mass is 10.0. The minimum Gasteiger partial charge on any atom is -0.374 e. The van der Waals surface area contributed by atoms with E-state index in [0.29, 0.717) is 19.8 Å². The highest BCUT2D eigenvalue weighted by Gasteiger charge is 2.39. The molecule has 0 aromatic carbocycles. The zero-order valence-corrected chi connectivity index (χ0v) is 13.2. The first-order chi connectivity index (χ1) is 8.76. The van der Waals surface area contributed by atoms with Crippen molar-refractivity contribution in [3.05, 3.63) is 0 Å². The summed E-state index contributed by atoms with van der Waals surface area (Å²) in [6.07, 6.45) is 3.72. The van der Waals surface area contributed by atoms with Crippen LogP contribution in [0.5, 0.6) is 0 Å². The third-order valence-corrected chi connectivity index (χ3v) is 6.50. The van der Waals surface area contributed by atoms with Crippen LogP contribution in [0.4, 0.5) is 0 Å². The van der Waals surface area contributed by atoms with Crippen LogP contribution in [0.3, 0.4) is 0 Å². The summed E-state index contributed by atoms with van der Waals surface area (Å²) in [5.74, 6) is 0.835. The van der Waals surface area contributed by atoms with Crippen LogP contribution in [0.25, 0.3) is 0 Å². The molecule has 0 bridgehead atoms. The molecule has 0 aliphatic carbocycles. The molecule has 1 aliphatic heterocycles. The molecule has 1 rings (SSSR count). The molecule has 1 saturated heterocycles. The zero-order valence-electron chi connectivity index (χ0n) is 12.2. The summed E-state index contributed by atoms with van der Waals surface area (Å²) < 4.78 is 17.6. The molecule has 0 saturated carbocycles. The van der Waals surface area contributed by atoms with Gasteiger partial charge in [0.15, 0.2) is 0 Å². The Morgan fingerprint density at radius 1 is 1.06 bits per heavy atom. The van der Waals surface area contributed by atoms with E-state index < -0.39 is 8.80 Å². The van der Waals surface area contributed by atoms with Crippen LogP contribution in [-0.2, 0) is 13.3 Å². The second kappa shape index (κ2) is 9.04. The normalized spacial score (nSPS) is 20.5. The molecule has 108 valence electrons. The summed E-state index contributed by atoms with van der Waals surface area (Å²) in [5, 5.41) is 3.41. The fraction of sp³-hybridized carbons (Fsp3) is 1.00. The molecule has 4 nitrogen and oxygen atoms in total. The van der Waals surface area contributed by atoms with E-state index in [1.54, 1.807) is 0 Å². The summed E-state index contributed by atoms with van der Waals surface area (Å²) in [6.45, 7) is 10.4. The highest BCUT2D eigenvalue weighted by Crippen LogP contribution is 2.23. The lowest BCUT2D eigenvalue weighted by Gasteiger charge is -2.28. The quantitative estimate of drug-likeness (QED) is 0.622. The maximum absolute atomic E-state index is 5.85. The minimum absolute atomic E-state index is 0.678. The van der Waals surface area contributed by atoms with Crippen LogP contribution in [0.2, 0.25) is 6.04 Å². The third kappa shape index (κ3) is 5.36. The van der Waals surface area contributed by atoms with Crippen molar-refractivity contribution in [2.75, 3.05) is 32.9 Å². The van der Waals surface area contributed by atoms with Crippen molar-refractivity contribution in [1.82, 2.24) is 5.32 Å². The molecular weight excluding hydrogens is 246 g/mol. The van der Waals surface area contributed by atoms with Gasteiger partial charge in [0.2, 0.25) is 0 Å². The first-order valence-corrected chi connectivity index (χ1v) is 9.32. The SMILES string of the molecule is CCO[Si](CCCC1CCNC1)(OCC)OCC. The summed E-state index contributed by atoms with van der Waals surface area (Å²) in [5.41, 5.74) is 0. The average molecular weight is 275 g/mol. The van der Waals surface area contributed by atoms with Gasteiger partial charge in [0.1, 0.15) is 0 Å². The molecule has 1 heterocycles. The van der Waals surface area contributed by atoms with Gasteiger partial charge in [-0.2, -0.15) is 0 Å². The Morgan fingerprint density at radius 2 is 1.67 bits per heavy atom. The first-order valence-electron chi connectivity index (χ1n) is 7.39. The molecular formula is C13H29NO3Si. The van der Waals surface area contributed by atoms with Gasteiger partial charge in [-0.15, -0.1) is 0 Å². The van der Waals surface area contributed by atoms with Crippen molar-refractivity contribution in [3.8, 4) is 0 Å². The van der Waals surface area contributed by atoms with E-state index >= 15 is 0 Å². The van der Waals surface area contributed by atoms with Crippen LogP contribution < -0.4 is 5.32 Å². The maximum Gasteiger partial charge on any atom is 0.500 e. The number of hydrogen-bond donors (Lipinski definition) is 1. The molecule has 0 aromatic heterocycles. The third-order valence-electron chi connectivity index (χ3n) is 3.35. The second-order valence-electron chi connectivity index (χ2n) is 4.73. The second-order valence-corrected chi connectivity index (χ2v) is 7.47. The largest absolute Gasteiger partial charge is 0.500 e. The van der Waals surface area contributed by atoms with Crippen LogP contribution >= 0.6 is 0 Å². The average Bonchev–Trinajstić information content (AvgIpc) is 2.83. The zero-order chi connectivity index (χ0) is 13.3. The summed E-state index contributed by atoms with van der Waals surface area (Å²) in [4.78, 5) is 0. The highest BCUT2D eigenvalue weighted by molar-refractivity contribution is 6.60. The Labute approximate surface area is 113 Å². The van der Waals surface area contributed by atoms with Crippen LogP contribution in [0.15, 0.2) is 0 Å². The smallest absolute Gasteiger partial charge is 0.374 e. The van der Waals surface area contributed by atoms with Crippen molar-refractivity contribution in [2.24, 2.45) is 5.92 Å². The molecule has 0 spiro atoms. The van der Waals surface area contributed by atoms with Gasteiger partial charge in [-0.1, -0.05) is 0 Å². The van der Waals surface area contributed by atoms with Crippen LogP contribution in [0.1, 0.15) is 40.0 Å². The highest BCUT2D eigenvalue weighted by atomic mass is 28.4. The van der Waals surface area contributed by atoms with E-state index in [9.17, 15) is 0 Å². The summed E-state index contributed by atoms with van der Waals surface area (Å²) in [6, 6.07) is 0.957. The van der Waals surface area contributed by atoms with Crippen molar-refractivity contribution in [2.45, 2.75) is 46.1 Å².